The van der Waals surface area contributed by atoms with E-state index in [-0.39, 0.29) is 0 Å². The van der Waals surface area contributed by atoms with Crippen LogP contribution >= 0.6 is 22.9 Å². The Bertz CT molecular complexity index is 287. The lowest BCUT2D eigenvalue weighted by atomic mass is 10.0. The van der Waals surface area contributed by atoms with Crippen LogP contribution in [-0.4, -0.2) is 10.4 Å². The molecule has 0 aliphatic rings. The summed E-state index contributed by atoms with van der Waals surface area (Å²) in [4.78, 5) is 5.87. The van der Waals surface area contributed by atoms with Gasteiger partial charge in [-0.1, -0.05) is 13.8 Å². The molecule has 86 valence electrons. The predicted molar refractivity (Wildman–Crippen MR) is 69.0 cm³/mol. The van der Waals surface area contributed by atoms with Gasteiger partial charge in [0.1, 0.15) is 0 Å². The molecule has 1 aromatic rings. The fourth-order valence-corrected chi connectivity index (χ4v) is 2.56. The van der Waals surface area contributed by atoms with E-state index in [4.69, 9.17) is 11.6 Å². The number of hydrogen-bond acceptors (Lipinski definition) is 2. The molecular formula is C12H20ClNS. The summed E-state index contributed by atoms with van der Waals surface area (Å²) in [5, 5.41) is 1.57. The van der Waals surface area contributed by atoms with Crippen LogP contribution in [0.5, 0.6) is 0 Å². The van der Waals surface area contributed by atoms with Crippen LogP contribution in [0.3, 0.4) is 0 Å². The molecule has 0 spiro atoms. The van der Waals surface area contributed by atoms with Crippen molar-refractivity contribution in [3.05, 3.63) is 15.6 Å². The van der Waals surface area contributed by atoms with Crippen LogP contribution in [0.4, 0.5) is 0 Å². The van der Waals surface area contributed by atoms with Gasteiger partial charge in [0.15, 0.2) is 0 Å². The van der Waals surface area contributed by atoms with Crippen LogP contribution in [0, 0.1) is 19.8 Å². The Kier molecular flexibility index (Phi) is 5.07. The van der Waals surface area contributed by atoms with Crippen molar-refractivity contribution in [2.75, 3.05) is 0 Å². The summed E-state index contributed by atoms with van der Waals surface area (Å²) in [5.74, 6) is 0.575. The normalized spacial score (nSPS) is 13.5. The van der Waals surface area contributed by atoms with Crippen LogP contribution in [0.1, 0.15) is 42.3 Å². The molecule has 0 amide bonds. The van der Waals surface area contributed by atoms with E-state index in [9.17, 15) is 0 Å². The first-order chi connectivity index (χ1) is 7.00. The van der Waals surface area contributed by atoms with Crippen molar-refractivity contribution in [1.82, 2.24) is 4.98 Å². The maximum atomic E-state index is 6.20. The average Bonchev–Trinajstić information content (AvgIpc) is 2.46. The van der Waals surface area contributed by atoms with Gasteiger partial charge >= 0.3 is 0 Å². The van der Waals surface area contributed by atoms with Crippen LogP contribution in [-0.2, 0) is 6.42 Å². The zero-order valence-electron chi connectivity index (χ0n) is 10.0. The fraction of sp³-hybridized carbons (Fsp3) is 0.750. The zero-order valence-corrected chi connectivity index (χ0v) is 11.6. The van der Waals surface area contributed by atoms with E-state index in [2.05, 4.69) is 32.7 Å². The number of halogens is 1. The lowest BCUT2D eigenvalue weighted by Crippen LogP contribution is -2.07. The summed E-state index contributed by atoms with van der Waals surface area (Å²) in [6, 6.07) is 0. The first kappa shape index (κ1) is 13.0. The van der Waals surface area contributed by atoms with Crippen molar-refractivity contribution in [3.63, 3.8) is 0 Å². The molecule has 0 radical (unpaired) electrons. The highest BCUT2D eigenvalue weighted by Gasteiger charge is 2.10. The largest absolute Gasteiger partial charge is 0.246 e. The summed E-state index contributed by atoms with van der Waals surface area (Å²) < 4.78 is 0. The van der Waals surface area contributed by atoms with Crippen molar-refractivity contribution in [1.29, 1.82) is 0 Å². The lowest BCUT2D eigenvalue weighted by molar-refractivity contribution is 0.547. The molecule has 0 saturated heterocycles. The molecule has 3 heteroatoms. The number of aryl methyl sites for hydroxylation is 3. The minimum absolute atomic E-state index is 0.312. The minimum Gasteiger partial charge on any atom is -0.246 e. The third-order valence-corrected chi connectivity index (χ3v) is 4.52. The van der Waals surface area contributed by atoms with E-state index in [0.29, 0.717) is 11.3 Å². The molecular weight excluding hydrogens is 226 g/mol. The zero-order chi connectivity index (χ0) is 11.4. The number of rotatable bonds is 5. The smallest absolute Gasteiger partial charge is 0.0930 e. The molecule has 1 unspecified atom stereocenters. The highest BCUT2D eigenvalue weighted by molar-refractivity contribution is 7.11. The summed E-state index contributed by atoms with van der Waals surface area (Å²) >= 11 is 8.02. The topological polar surface area (TPSA) is 12.9 Å². The van der Waals surface area contributed by atoms with Gasteiger partial charge in [0.2, 0.25) is 0 Å². The first-order valence-electron chi connectivity index (χ1n) is 5.57. The molecule has 1 aromatic heterocycles. The molecule has 0 aliphatic carbocycles. The maximum Gasteiger partial charge on any atom is 0.0930 e. The Balaban J connectivity index is 2.32. The second-order valence-corrected chi connectivity index (χ2v) is 6.25. The summed E-state index contributed by atoms with van der Waals surface area (Å²) in [7, 11) is 0. The molecule has 0 N–H and O–H groups in total. The van der Waals surface area contributed by atoms with E-state index < -0.39 is 0 Å². The summed E-state index contributed by atoms with van der Waals surface area (Å²) in [6.45, 7) is 8.56. The van der Waals surface area contributed by atoms with Gasteiger partial charge in [-0.05, 0) is 39.0 Å². The molecule has 1 nitrogen and oxygen atoms in total. The van der Waals surface area contributed by atoms with Gasteiger partial charge in [0, 0.05) is 10.3 Å². The number of nitrogens with zero attached hydrogens (tertiary/aromatic N) is 1. The van der Waals surface area contributed by atoms with E-state index in [1.54, 1.807) is 0 Å². The number of alkyl halides is 1. The molecule has 1 rings (SSSR count). The predicted octanol–water partition coefficient (Wildman–Crippen LogP) is 4.35. The van der Waals surface area contributed by atoms with Gasteiger partial charge in [0.25, 0.3) is 0 Å². The van der Waals surface area contributed by atoms with E-state index in [1.807, 2.05) is 11.3 Å². The van der Waals surface area contributed by atoms with Crippen molar-refractivity contribution < 1.29 is 0 Å². The maximum absolute atomic E-state index is 6.20. The van der Waals surface area contributed by atoms with Crippen molar-refractivity contribution >= 4 is 22.9 Å². The Labute approximate surface area is 102 Å². The molecule has 1 heterocycles. The van der Waals surface area contributed by atoms with Crippen LogP contribution in [0.25, 0.3) is 0 Å². The second kappa shape index (κ2) is 5.86. The van der Waals surface area contributed by atoms with Gasteiger partial charge in [-0.2, -0.15) is 0 Å². The molecule has 0 fully saturated rings. The van der Waals surface area contributed by atoms with Crippen LogP contribution in [0.15, 0.2) is 0 Å². The number of hydrogen-bond donors (Lipinski definition) is 0. The quantitative estimate of drug-likeness (QED) is 0.703. The third kappa shape index (κ3) is 4.12. The van der Waals surface area contributed by atoms with Crippen molar-refractivity contribution in [2.45, 2.75) is 52.3 Å². The van der Waals surface area contributed by atoms with Crippen molar-refractivity contribution in [2.24, 2.45) is 5.92 Å². The molecule has 0 aliphatic heterocycles. The van der Waals surface area contributed by atoms with Gasteiger partial charge in [-0.25, -0.2) is 4.98 Å². The van der Waals surface area contributed by atoms with E-state index >= 15 is 0 Å². The highest BCUT2D eigenvalue weighted by atomic mass is 35.5. The Morgan fingerprint density at radius 3 is 2.47 bits per heavy atom. The van der Waals surface area contributed by atoms with Gasteiger partial charge < -0.3 is 0 Å². The van der Waals surface area contributed by atoms with Crippen LogP contribution in [0.2, 0.25) is 0 Å². The molecule has 0 aromatic carbocycles. The van der Waals surface area contributed by atoms with Crippen molar-refractivity contribution in [3.8, 4) is 0 Å². The molecule has 0 saturated carbocycles. The molecule has 1 atom stereocenters. The Morgan fingerprint density at radius 1 is 1.33 bits per heavy atom. The standard InChI is InChI=1S/C12H20ClNS/c1-8(2)11(13)6-5-7-12-14-9(3)10(4)15-12/h8,11H,5-7H2,1-4H3. The van der Waals surface area contributed by atoms with E-state index in [1.165, 1.54) is 15.6 Å². The monoisotopic (exact) mass is 245 g/mol. The Morgan fingerprint density at radius 2 is 2.00 bits per heavy atom. The average molecular weight is 246 g/mol. The van der Waals surface area contributed by atoms with E-state index in [0.717, 1.165) is 19.3 Å². The Hall–Kier alpha value is -0.0800. The van der Waals surface area contributed by atoms with Gasteiger partial charge in [0.05, 0.1) is 10.7 Å². The second-order valence-electron chi connectivity index (χ2n) is 4.40. The number of thiazole rings is 1. The SMILES string of the molecule is Cc1nc(CCCC(Cl)C(C)C)sc1C. The minimum atomic E-state index is 0.312. The van der Waals surface area contributed by atoms with Gasteiger partial charge in [-0.3, -0.25) is 0 Å². The lowest BCUT2D eigenvalue weighted by Gasteiger charge is -2.11. The molecule has 0 bridgehead atoms. The first-order valence-corrected chi connectivity index (χ1v) is 6.83. The fourth-order valence-electron chi connectivity index (χ4n) is 1.43. The highest BCUT2D eigenvalue weighted by Crippen LogP contribution is 2.21. The van der Waals surface area contributed by atoms with Gasteiger partial charge in [-0.15, -0.1) is 22.9 Å². The summed E-state index contributed by atoms with van der Waals surface area (Å²) in [5.41, 5.74) is 1.18. The third-order valence-electron chi connectivity index (χ3n) is 2.67. The van der Waals surface area contributed by atoms with Crippen LogP contribution < -0.4 is 0 Å². The number of aromatic nitrogens is 1. The molecule has 15 heavy (non-hydrogen) atoms. The summed E-state index contributed by atoms with van der Waals surface area (Å²) in [6.07, 6.45) is 3.32.